The zero-order valence-electron chi connectivity index (χ0n) is 15.4. The van der Waals surface area contributed by atoms with Crippen LogP contribution in [0.2, 0.25) is 0 Å². The molecule has 2 heterocycles. The number of benzene rings is 1. The summed E-state index contributed by atoms with van der Waals surface area (Å²) in [7, 11) is 0. The molecule has 0 bridgehead atoms. The fourth-order valence-corrected chi connectivity index (χ4v) is 4.71. The summed E-state index contributed by atoms with van der Waals surface area (Å²) in [5.74, 6) is 0.302. The Morgan fingerprint density at radius 1 is 1.08 bits per heavy atom. The Hall–Kier alpha value is -2.17. The molecule has 1 aliphatic carbocycles. The Balaban J connectivity index is 1.65. The average molecular weight is 354 g/mol. The van der Waals surface area contributed by atoms with Crippen molar-refractivity contribution in [1.29, 1.82) is 0 Å². The fraction of sp³-hybridized carbons (Fsp3) is 0.571. The summed E-state index contributed by atoms with van der Waals surface area (Å²) in [6.07, 6.45) is 5.86. The van der Waals surface area contributed by atoms with Crippen LogP contribution in [0.1, 0.15) is 62.2 Å². The second-order valence-electron chi connectivity index (χ2n) is 8.19. The van der Waals surface area contributed by atoms with E-state index in [1.807, 2.05) is 4.90 Å². The van der Waals surface area contributed by atoms with Crippen LogP contribution in [0.5, 0.6) is 0 Å². The van der Waals surface area contributed by atoms with Crippen LogP contribution in [0.3, 0.4) is 0 Å². The van der Waals surface area contributed by atoms with Crippen molar-refractivity contribution in [3.63, 3.8) is 0 Å². The maximum absolute atomic E-state index is 13.1. The summed E-state index contributed by atoms with van der Waals surface area (Å²) in [5, 5.41) is 0. The number of imide groups is 1. The molecule has 138 valence electrons. The number of para-hydroxylation sites is 1. The third kappa shape index (κ3) is 2.74. The van der Waals surface area contributed by atoms with Crippen molar-refractivity contribution in [3.8, 4) is 0 Å². The van der Waals surface area contributed by atoms with E-state index in [1.165, 1.54) is 4.90 Å². The minimum atomic E-state index is -0.520. The van der Waals surface area contributed by atoms with Gasteiger partial charge in [-0.25, -0.2) is 4.90 Å². The van der Waals surface area contributed by atoms with Crippen molar-refractivity contribution >= 4 is 23.4 Å². The molecular weight excluding hydrogens is 328 g/mol. The lowest BCUT2D eigenvalue weighted by atomic mass is 9.84. The number of carbonyl (C=O) groups is 3. The quantitative estimate of drug-likeness (QED) is 0.765. The Morgan fingerprint density at radius 3 is 2.42 bits per heavy atom. The average Bonchev–Trinajstić information content (AvgIpc) is 3.20. The van der Waals surface area contributed by atoms with Crippen LogP contribution >= 0.6 is 0 Å². The predicted molar refractivity (Wildman–Crippen MR) is 98.8 cm³/mol. The number of nitrogens with zero attached hydrogens (tertiary/aromatic N) is 2. The van der Waals surface area contributed by atoms with Gasteiger partial charge in [-0.2, -0.15) is 0 Å². The molecule has 2 aliphatic heterocycles. The Kier molecular flexibility index (Phi) is 4.33. The Bertz CT molecular complexity index is 743. The molecule has 0 atom stereocenters. The van der Waals surface area contributed by atoms with Crippen LogP contribution in [0.4, 0.5) is 5.69 Å². The molecule has 3 amide bonds. The van der Waals surface area contributed by atoms with Gasteiger partial charge in [0.2, 0.25) is 11.8 Å². The number of hydrogen-bond acceptors (Lipinski definition) is 3. The highest BCUT2D eigenvalue weighted by Crippen LogP contribution is 2.48. The number of piperidine rings is 1. The lowest BCUT2D eigenvalue weighted by Crippen LogP contribution is -2.40. The second-order valence-corrected chi connectivity index (χ2v) is 8.19. The topological polar surface area (TPSA) is 57.7 Å². The van der Waals surface area contributed by atoms with Crippen LogP contribution in [0, 0.1) is 11.3 Å². The summed E-state index contributed by atoms with van der Waals surface area (Å²) in [6, 6.07) is 7.09. The number of likely N-dealkylation sites (tertiary alicyclic amines) is 1. The van der Waals surface area contributed by atoms with Gasteiger partial charge >= 0.3 is 0 Å². The van der Waals surface area contributed by atoms with E-state index in [4.69, 9.17) is 0 Å². The van der Waals surface area contributed by atoms with E-state index in [-0.39, 0.29) is 24.1 Å². The number of rotatable bonds is 2. The van der Waals surface area contributed by atoms with E-state index in [2.05, 4.69) is 6.92 Å². The van der Waals surface area contributed by atoms with Crippen molar-refractivity contribution in [2.45, 2.75) is 51.9 Å². The minimum Gasteiger partial charge on any atom is -0.339 e. The third-order valence-electron chi connectivity index (χ3n) is 6.40. The lowest BCUT2D eigenvalue weighted by Gasteiger charge is -2.31. The van der Waals surface area contributed by atoms with Gasteiger partial charge in [0.25, 0.3) is 5.91 Å². The molecular formula is C21H26N2O3. The van der Waals surface area contributed by atoms with Crippen LogP contribution in [-0.4, -0.2) is 35.7 Å². The Morgan fingerprint density at radius 2 is 1.73 bits per heavy atom. The first kappa shape index (κ1) is 17.3. The summed E-state index contributed by atoms with van der Waals surface area (Å²) in [5.41, 5.74) is 0.419. The first-order valence-corrected chi connectivity index (χ1v) is 9.77. The highest BCUT2D eigenvalue weighted by Gasteiger charge is 2.53. The van der Waals surface area contributed by atoms with Gasteiger partial charge in [0.15, 0.2) is 0 Å². The SMILES string of the molecule is CC1CCN(C(=O)c2ccccc2N2C(=O)CC3(CCCC3)C2=O)CC1. The van der Waals surface area contributed by atoms with Crippen molar-refractivity contribution in [2.75, 3.05) is 18.0 Å². The number of carbonyl (C=O) groups excluding carboxylic acids is 3. The summed E-state index contributed by atoms with van der Waals surface area (Å²) in [4.78, 5) is 42.1. The van der Waals surface area contributed by atoms with Gasteiger partial charge < -0.3 is 4.90 Å². The van der Waals surface area contributed by atoms with Gasteiger partial charge in [0.05, 0.1) is 16.7 Å². The molecule has 0 N–H and O–H groups in total. The molecule has 0 unspecified atom stereocenters. The number of amides is 3. The van der Waals surface area contributed by atoms with Crippen molar-refractivity contribution in [3.05, 3.63) is 29.8 Å². The van der Waals surface area contributed by atoms with E-state index in [9.17, 15) is 14.4 Å². The second kappa shape index (κ2) is 6.53. The molecule has 1 spiro atoms. The van der Waals surface area contributed by atoms with Crippen LogP contribution in [-0.2, 0) is 9.59 Å². The fourth-order valence-electron chi connectivity index (χ4n) is 4.71. The molecule has 2 saturated heterocycles. The van der Waals surface area contributed by atoms with Crippen LogP contribution < -0.4 is 4.90 Å². The van der Waals surface area contributed by atoms with E-state index >= 15 is 0 Å². The molecule has 5 nitrogen and oxygen atoms in total. The van der Waals surface area contributed by atoms with Gasteiger partial charge in [0, 0.05) is 19.5 Å². The Labute approximate surface area is 154 Å². The van der Waals surface area contributed by atoms with E-state index in [0.717, 1.165) is 51.6 Å². The first-order chi connectivity index (χ1) is 12.5. The molecule has 0 aromatic heterocycles. The molecule has 1 aromatic carbocycles. The summed E-state index contributed by atoms with van der Waals surface area (Å²) in [6.45, 7) is 3.68. The highest BCUT2D eigenvalue weighted by atomic mass is 16.2. The molecule has 5 heteroatoms. The molecule has 0 radical (unpaired) electrons. The molecule has 1 aromatic rings. The van der Waals surface area contributed by atoms with Gasteiger partial charge in [0.1, 0.15) is 0 Å². The van der Waals surface area contributed by atoms with E-state index in [1.54, 1.807) is 24.3 Å². The molecule has 3 fully saturated rings. The van der Waals surface area contributed by atoms with E-state index in [0.29, 0.717) is 17.2 Å². The monoisotopic (exact) mass is 354 g/mol. The smallest absolute Gasteiger partial charge is 0.255 e. The predicted octanol–water partition coefficient (Wildman–Crippen LogP) is 3.38. The highest BCUT2D eigenvalue weighted by molar-refractivity contribution is 6.24. The summed E-state index contributed by atoms with van der Waals surface area (Å²) >= 11 is 0. The van der Waals surface area contributed by atoms with Crippen molar-refractivity contribution < 1.29 is 14.4 Å². The molecule has 26 heavy (non-hydrogen) atoms. The van der Waals surface area contributed by atoms with Gasteiger partial charge in [-0.3, -0.25) is 14.4 Å². The van der Waals surface area contributed by atoms with Crippen LogP contribution in [0.25, 0.3) is 0 Å². The first-order valence-electron chi connectivity index (χ1n) is 9.77. The zero-order valence-corrected chi connectivity index (χ0v) is 15.4. The van der Waals surface area contributed by atoms with Crippen molar-refractivity contribution in [2.24, 2.45) is 11.3 Å². The normalized spacial score (nSPS) is 23.3. The van der Waals surface area contributed by atoms with Gasteiger partial charge in [-0.1, -0.05) is 31.9 Å². The summed E-state index contributed by atoms with van der Waals surface area (Å²) < 4.78 is 0. The van der Waals surface area contributed by atoms with Gasteiger partial charge in [-0.15, -0.1) is 0 Å². The van der Waals surface area contributed by atoms with E-state index < -0.39 is 5.41 Å². The van der Waals surface area contributed by atoms with Crippen LogP contribution in [0.15, 0.2) is 24.3 Å². The molecule has 1 saturated carbocycles. The number of anilines is 1. The third-order valence-corrected chi connectivity index (χ3v) is 6.40. The molecule has 3 aliphatic rings. The largest absolute Gasteiger partial charge is 0.339 e. The standard InChI is InChI=1S/C21H26N2O3/c1-15-8-12-22(13-9-15)19(25)16-6-2-3-7-17(16)23-18(24)14-21(20(23)26)10-4-5-11-21/h2-3,6-7,15H,4-5,8-14H2,1H3. The number of hydrogen-bond donors (Lipinski definition) is 0. The van der Waals surface area contributed by atoms with Gasteiger partial charge in [-0.05, 0) is 43.7 Å². The minimum absolute atomic E-state index is 0.0690. The lowest BCUT2D eigenvalue weighted by molar-refractivity contribution is -0.125. The van der Waals surface area contributed by atoms with Crippen molar-refractivity contribution in [1.82, 2.24) is 4.90 Å². The zero-order chi connectivity index (χ0) is 18.3. The maximum atomic E-state index is 13.1. The molecule has 4 rings (SSSR count). The maximum Gasteiger partial charge on any atom is 0.255 e.